The number of carboxylic acid groups (broad SMARTS) is 2. The van der Waals surface area contributed by atoms with Crippen LogP contribution in [0.2, 0.25) is 0 Å². The van der Waals surface area contributed by atoms with E-state index in [0.717, 1.165) is 11.8 Å². The molecule has 2 aromatic rings. The molecule has 1 amide bonds. The van der Waals surface area contributed by atoms with Crippen LogP contribution in [0.1, 0.15) is 15.9 Å². The summed E-state index contributed by atoms with van der Waals surface area (Å²) in [6.07, 6.45) is 1.58. The number of rotatable bonds is 6. The zero-order chi connectivity index (χ0) is 20.1. The van der Waals surface area contributed by atoms with E-state index in [2.05, 4.69) is 10.3 Å². The Labute approximate surface area is 163 Å². The molecule has 3 rings (SSSR count). The lowest BCUT2D eigenvalue weighted by Gasteiger charge is -2.06. The second-order valence-corrected chi connectivity index (χ2v) is 6.59. The Morgan fingerprint density at radius 2 is 1.93 bits per heavy atom. The van der Waals surface area contributed by atoms with Gasteiger partial charge in [-0.2, -0.15) is 0 Å². The van der Waals surface area contributed by atoms with E-state index in [1.54, 1.807) is 42.5 Å². The summed E-state index contributed by atoms with van der Waals surface area (Å²) in [7, 11) is 0. The second kappa shape index (κ2) is 8.40. The SMILES string of the molecule is O=C(O)COc1ccccc1/C=C1\SC(=Nc2cccc(C(=O)O)c2)NC1=O. The highest BCUT2D eigenvalue weighted by molar-refractivity contribution is 8.18. The predicted octanol–water partition coefficient (Wildman–Crippen LogP) is 2.74. The monoisotopic (exact) mass is 398 g/mol. The summed E-state index contributed by atoms with van der Waals surface area (Å²) in [4.78, 5) is 38.6. The summed E-state index contributed by atoms with van der Waals surface area (Å²) in [5, 5.41) is 20.7. The molecule has 0 bridgehead atoms. The third-order valence-corrected chi connectivity index (χ3v) is 4.44. The molecule has 8 nitrogen and oxygen atoms in total. The third kappa shape index (κ3) is 4.77. The van der Waals surface area contributed by atoms with Gasteiger partial charge in [0.15, 0.2) is 11.8 Å². The lowest BCUT2D eigenvalue weighted by atomic mass is 10.2. The van der Waals surface area contributed by atoms with Crippen LogP contribution in [-0.4, -0.2) is 39.8 Å². The van der Waals surface area contributed by atoms with Crippen molar-refractivity contribution < 1.29 is 29.3 Å². The van der Waals surface area contributed by atoms with Crippen LogP contribution in [0.15, 0.2) is 58.4 Å². The van der Waals surface area contributed by atoms with Crippen LogP contribution in [0.4, 0.5) is 5.69 Å². The number of carbonyl (C=O) groups is 3. The van der Waals surface area contributed by atoms with Crippen molar-refractivity contribution >= 4 is 46.5 Å². The number of aliphatic carboxylic acids is 1. The van der Waals surface area contributed by atoms with Gasteiger partial charge in [0.2, 0.25) is 0 Å². The third-order valence-electron chi connectivity index (χ3n) is 3.53. The fraction of sp³-hybridized carbons (Fsp3) is 0.0526. The van der Waals surface area contributed by atoms with Crippen molar-refractivity contribution in [1.82, 2.24) is 5.32 Å². The number of thioether (sulfide) groups is 1. The molecular formula is C19H14N2O6S. The van der Waals surface area contributed by atoms with Gasteiger partial charge >= 0.3 is 11.9 Å². The molecule has 3 N–H and O–H groups in total. The van der Waals surface area contributed by atoms with Crippen LogP contribution < -0.4 is 10.1 Å². The summed E-state index contributed by atoms with van der Waals surface area (Å²) < 4.78 is 5.23. The van der Waals surface area contributed by atoms with Crippen molar-refractivity contribution in [2.75, 3.05) is 6.61 Å². The molecule has 9 heteroatoms. The number of para-hydroxylation sites is 1. The number of amides is 1. The Bertz CT molecular complexity index is 1010. The van der Waals surface area contributed by atoms with Crippen molar-refractivity contribution in [3.05, 3.63) is 64.6 Å². The van der Waals surface area contributed by atoms with Crippen molar-refractivity contribution in [1.29, 1.82) is 0 Å². The van der Waals surface area contributed by atoms with E-state index in [1.807, 2.05) is 0 Å². The maximum atomic E-state index is 12.2. The molecule has 1 aliphatic heterocycles. The molecular weight excluding hydrogens is 384 g/mol. The molecule has 0 unspecified atom stereocenters. The zero-order valence-electron chi connectivity index (χ0n) is 14.3. The fourth-order valence-corrected chi connectivity index (χ4v) is 3.15. The van der Waals surface area contributed by atoms with Gasteiger partial charge in [-0.3, -0.25) is 4.79 Å². The number of ether oxygens (including phenoxy) is 1. The Morgan fingerprint density at radius 1 is 1.14 bits per heavy atom. The van der Waals surface area contributed by atoms with Crippen molar-refractivity contribution in [3.8, 4) is 5.75 Å². The summed E-state index contributed by atoms with van der Waals surface area (Å²) in [5.41, 5.74) is 1.04. The molecule has 0 atom stereocenters. The van der Waals surface area contributed by atoms with Crippen LogP contribution in [0, 0.1) is 0 Å². The molecule has 0 spiro atoms. The molecule has 2 aromatic carbocycles. The van der Waals surface area contributed by atoms with E-state index in [0.29, 0.717) is 27.1 Å². The number of benzene rings is 2. The quantitative estimate of drug-likeness (QED) is 0.639. The van der Waals surface area contributed by atoms with Gasteiger partial charge in [-0.25, -0.2) is 14.6 Å². The Morgan fingerprint density at radius 3 is 2.68 bits per heavy atom. The Hall–Kier alpha value is -3.59. The highest BCUT2D eigenvalue weighted by Gasteiger charge is 2.24. The summed E-state index contributed by atoms with van der Waals surface area (Å²) in [5.74, 6) is -2.20. The van der Waals surface area contributed by atoms with Crippen molar-refractivity contribution in [2.24, 2.45) is 4.99 Å². The smallest absolute Gasteiger partial charge is 0.341 e. The van der Waals surface area contributed by atoms with E-state index >= 15 is 0 Å². The molecule has 1 saturated heterocycles. The molecule has 0 radical (unpaired) electrons. The van der Waals surface area contributed by atoms with Gasteiger partial charge in [-0.05, 0) is 42.1 Å². The largest absolute Gasteiger partial charge is 0.481 e. The first kappa shape index (κ1) is 19.2. The molecule has 0 aliphatic carbocycles. The topological polar surface area (TPSA) is 125 Å². The van der Waals surface area contributed by atoms with Gasteiger partial charge in [0.05, 0.1) is 16.2 Å². The number of nitrogens with zero attached hydrogens (tertiary/aromatic N) is 1. The number of carboxylic acids is 2. The van der Waals surface area contributed by atoms with Crippen LogP contribution in [0.25, 0.3) is 6.08 Å². The number of aromatic carboxylic acids is 1. The van der Waals surface area contributed by atoms with Gasteiger partial charge in [0.1, 0.15) is 5.75 Å². The first-order chi connectivity index (χ1) is 13.4. The van der Waals surface area contributed by atoms with Gasteiger partial charge in [0.25, 0.3) is 5.91 Å². The lowest BCUT2D eigenvalue weighted by Crippen LogP contribution is -2.19. The number of hydrogen-bond donors (Lipinski definition) is 3. The number of aliphatic imine (C=N–C) groups is 1. The van der Waals surface area contributed by atoms with E-state index in [1.165, 1.54) is 12.1 Å². The maximum Gasteiger partial charge on any atom is 0.341 e. The van der Waals surface area contributed by atoms with E-state index in [4.69, 9.17) is 14.9 Å². The minimum Gasteiger partial charge on any atom is -0.481 e. The normalized spacial score (nSPS) is 16.2. The van der Waals surface area contributed by atoms with Crippen molar-refractivity contribution in [3.63, 3.8) is 0 Å². The van der Waals surface area contributed by atoms with E-state index < -0.39 is 18.5 Å². The molecule has 1 aliphatic rings. The fourth-order valence-electron chi connectivity index (χ4n) is 2.32. The standard InChI is InChI=1S/C19H14N2O6S/c22-16(23)10-27-14-7-2-1-4-11(14)9-15-17(24)21-19(28-15)20-13-6-3-5-12(8-13)18(25)26/h1-9H,10H2,(H,22,23)(H,25,26)(H,20,21,24)/b15-9-. The highest BCUT2D eigenvalue weighted by atomic mass is 32.2. The summed E-state index contributed by atoms with van der Waals surface area (Å²) in [6.45, 7) is -0.494. The molecule has 1 fully saturated rings. The van der Waals surface area contributed by atoms with Crippen LogP contribution in [0.3, 0.4) is 0 Å². The maximum absolute atomic E-state index is 12.2. The number of amidine groups is 1. The van der Waals surface area contributed by atoms with Gasteiger partial charge in [0, 0.05) is 5.56 Å². The number of nitrogens with one attached hydrogen (secondary N) is 1. The van der Waals surface area contributed by atoms with Crippen LogP contribution >= 0.6 is 11.8 Å². The Kier molecular flexibility index (Phi) is 5.75. The zero-order valence-corrected chi connectivity index (χ0v) is 15.1. The molecule has 142 valence electrons. The molecule has 0 aromatic heterocycles. The van der Waals surface area contributed by atoms with Crippen LogP contribution in [-0.2, 0) is 9.59 Å². The van der Waals surface area contributed by atoms with Crippen molar-refractivity contribution in [2.45, 2.75) is 0 Å². The minimum atomic E-state index is -1.10. The minimum absolute atomic E-state index is 0.0939. The van der Waals surface area contributed by atoms with Crippen LogP contribution in [0.5, 0.6) is 5.75 Å². The first-order valence-corrected chi connectivity index (χ1v) is 8.80. The molecule has 28 heavy (non-hydrogen) atoms. The summed E-state index contributed by atoms with van der Waals surface area (Å²) >= 11 is 1.09. The first-order valence-electron chi connectivity index (χ1n) is 7.99. The van der Waals surface area contributed by atoms with E-state index in [-0.39, 0.29) is 11.5 Å². The second-order valence-electron chi connectivity index (χ2n) is 5.56. The highest BCUT2D eigenvalue weighted by Crippen LogP contribution is 2.30. The van der Waals surface area contributed by atoms with Gasteiger partial charge in [-0.1, -0.05) is 24.3 Å². The lowest BCUT2D eigenvalue weighted by molar-refractivity contribution is -0.139. The Balaban J connectivity index is 1.82. The summed E-state index contributed by atoms with van der Waals surface area (Å²) in [6, 6.07) is 12.8. The number of carbonyl (C=O) groups excluding carboxylic acids is 1. The van der Waals surface area contributed by atoms with Gasteiger partial charge < -0.3 is 20.3 Å². The average molecular weight is 398 g/mol. The average Bonchev–Trinajstić information content (AvgIpc) is 3.00. The molecule has 0 saturated carbocycles. The van der Waals surface area contributed by atoms with Gasteiger partial charge in [-0.15, -0.1) is 0 Å². The van der Waals surface area contributed by atoms with E-state index in [9.17, 15) is 14.4 Å². The number of hydrogen-bond acceptors (Lipinski definition) is 6. The molecule has 1 heterocycles. The predicted molar refractivity (Wildman–Crippen MR) is 104 cm³/mol.